The molecule has 2 aromatic heterocycles. The van der Waals surface area contributed by atoms with Crippen LogP contribution in [-0.4, -0.2) is 21.6 Å². The van der Waals surface area contributed by atoms with Crippen molar-refractivity contribution in [3.05, 3.63) is 83.6 Å². The molecule has 0 fully saturated rings. The molecule has 0 bridgehead atoms. The minimum Gasteiger partial charge on any atom is -0.283 e. The number of anilines is 1. The summed E-state index contributed by atoms with van der Waals surface area (Å²) < 4.78 is 1.06. The number of carbonyl (C=O) groups is 1. The number of fused-ring (bicyclic) bond motifs is 1. The Morgan fingerprint density at radius 3 is 2.64 bits per heavy atom. The van der Waals surface area contributed by atoms with Gasteiger partial charge in [-0.3, -0.25) is 14.7 Å². The zero-order valence-electron chi connectivity index (χ0n) is 14.8. The molecule has 0 radical (unpaired) electrons. The molecule has 2 heterocycles. The maximum absolute atomic E-state index is 13.1. The van der Waals surface area contributed by atoms with Crippen molar-refractivity contribution in [3.8, 4) is 0 Å². The molecule has 0 atom stereocenters. The maximum atomic E-state index is 13.1. The summed E-state index contributed by atoms with van der Waals surface area (Å²) >= 11 is 8.95. The van der Waals surface area contributed by atoms with Crippen molar-refractivity contribution < 1.29 is 4.79 Å². The van der Waals surface area contributed by atoms with Gasteiger partial charge < -0.3 is 0 Å². The third-order valence-electron chi connectivity index (χ3n) is 4.05. The molecule has 7 heteroatoms. The Morgan fingerprint density at radius 1 is 1.07 bits per heavy atom. The number of benzene rings is 2. The molecular weight excluding hydrogens is 410 g/mol. The van der Waals surface area contributed by atoms with Crippen LogP contribution in [0.1, 0.15) is 5.56 Å². The van der Waals surface area contributed by atoms with E-state index in [0.717, 1.165) is 20.7 Å². The van der Waals surface area contributed by atoms with Crippen LogP contribution >= 0.6 is 34.7 Å². The van der Waals surface area contributed by atoms with E-state index in [2.05, 4.69) is 9.97 Å². The van der Waals surface area contributed by atoms with Crippen molar-refractivity contribution in [3.63, 3.8) is 0 Å². The second kappa shape index (κ2) is 8.73. The van der Waals surface area contributed by atoms with Gasteiger partial charge in [-0.15, -0.1) is 11.8 Å². The number of para-hydroxylation sites is 1. The molecule has 4 nitrogen and oxygen atoms in total. The third-order valence-corrected chi connectivity index (χ3v) is 6.36. The largest absolute Gasteiger partial charge is 0.283 e. The van der Waals surface area contributed by atoms with Gasteiger partial charge in [0.15, 0.2) is 5.13 Å². The van der Waals surface area contributed by atoms with Gasteiger partial charge in [-0.2, -0.15) is 0 Å². The average Bonchev–Trinajstić information content (AvgIpc) is 3.16. The first-order valence-electron chi connectivity index (χ1n) is 8.62. The quantitative estimate of drug-likeness (QED) is 0.373. The van der Waals surface area contributed by atoms with Gasteiger partial charge in [0.05, 0.1) is 22.5 Å². The highest BCUT2D eigenvalue weighted by Crippen LogP contribution is 2.30. The summed E-state index contributed by atoms with van der Waals surface area (Å²) in [5, 5.41) is 1.38. The number of halogens is 1. The lowest BCUT2D eigenvalue weighted by atomic mass is 10.2. The summed E-state index contributed by atoms with van der Waals surface area (Å²) in [4.78, 5) is 24.7. The number of amides is 1. The van der Waals surface area contributed by atoms with Crippen LogP contribution in [-0.2, 0) is 11.3 Å². The van der Waals surface area contributed by atoms with E-state index in [9.17, 15) is 4.79 Å². The Hall–Kier alpha value is -2.41. The van der Waals surface area contributed by atoms with Crippen LogP contribution in [0.25, 0.3) is 10.2 Å². The number of aromatic nitrogens is 2. The lowest BCUT2D eigenvalue weighted by molar-refractivity contribution is -0.116. The van der Waals surface area contributed by atoms with Crippen molar-refractivity contribution in [2.24, 2.45) is 0 Å². The van der Waals surface area contributed by atoms with Crippen LogP contribution in [0.15, 0.2) is 78.0 Å². The Kier molecular flexibility index (Phi) is 5.90. The number of hydrogen-bond acceptors (Lipinski definition) is 5. The van der Waals surface area contributed by atoms with E-state index in [0.29, 0.717) is 22.5 Å². The Labute approximate surface area is 176 Å². The topological polar surface area (TPSA) is 46.1 Å². The summed E-state index contributed by atoms with van der Waals surface area (Å²) in [7, 11) is 0. The van der Waals surface area contributed by atoms with Crippen LogP contribution < -0.4 is 4.90 Å². The molecule has 4 rings (SSSR count). The summed E-state index contributed by atoms with van der Waals surface area (Å²) in [6, 6.07) is 19.3. The van der Waals surface area contributed by atoms with E-state index in [1.807, 2.05) is 60.7 Å². The Bertz CT molecular complexity index is 1050. The van der Waals surface area contributed by atoms with Gasteiger partial charge in [-0.05, 0) is 48.0 Å². The number of thioether (sulfide) groups is 1. The third kappa shape index (κ3) is 4.52. The van der Waals surface area contributed by atoms with Crippen molar-refractivity contribution in [2.45, 2.75) is 11.4 Å². The summed E-state index contributed by atoms with van der Waals surface area (Å²) in [5.41, 5.74) is 1.86. The van der Waals surface area contributed by atoms with Gasteiger partial charge in [0.25, 0.3) is 0 Å². The number of carbonyl (C=O) groups excluding carboxylic acids is 1. The molecule has 0 unspecified atom stereocenters. The second-order valence-electron chi connectivity index (χ2n) is 6.05. The predicted molar refractivity (Wildman–Crippen MR) is 117 cm³/mol. The van der Waals surface area contributed by atoms with Crippen molar-refractivity contribution in [1.29, 1.82) is 0 Å². The molecule has 0 saturated carbocycles. The Balaban J connectivity index is 1.58. The summed E-state index contributed by atoms with van der Waals surface area (Å²) in [5.74, 6) is 0.320. The number of nitrogens with zero attached hydrogens (tertiary/aromatic N) is 3. The van der Waals surface area contributed by atoms with Gasteiger partial charge in [0, 0.05) is 22.3 Å². The molecule has 0 N–H and O–H groups in total. The first-order valence-corrected chi connectivity index (χ1v) is 10.8. The van der Waals surface area contributed by atoms with E-state index in [1.165, 1.54) is 23.1 Å². The molecule has 0 aliphatic rings. The summed E-state index contributed by atoms with van der Waals surface area (Å²) in [6.45, 7) is 0.438. The van der Waals surface area contributed by atoms with Gasteiger partial charge in [-0.25, -0.2) is 4.98 Å². The van der Waals surface area contributed by atoms with Crippen LogP contribution in [0.4, 0.5) is 5.13 Å². The molecule has 0 aliphatic heterocycles. The fourth-order valence-corrected chi connectivity index (χ4v) is 4.55. The van der Waals surface area contributed by atoms with Gasteiger partial charge in [-0.1, -0.05) is 41.1 Å². The number of rotatable bonds is 6. The molecular formula is C21H16ClN3OS2. The zero-order chi connectivity index (χ0) is 19.3. The highest BCUT2D eigenvalue weighted by molar-refractivity contribution is 8.00. The average molecular weight is 426 g/mol. The lowest BCUT2D eigenvalue weighted by Gasteiger charge is -2.19. The first kappa shape index (κ1) is 18.9. The van der Waals surface area contributed by atoms with Gasteiger partial charge >= 0.3 is 0 Å². The van der Waals surface area contributed by atoms with E-state index < -0.39 is 0 Å². The van der Waals surface area contributed by atoms with Crippen LogP contribution in [0.2, 0.25) is 5.02 Å². The van der Waals surface area contributed by atoms with Crippen molar-refractivity contribution in [1.82, 2.24) is 9.97 Å². The van der Waals surface area contributed by atoms with Gasteiger partial charge in [0.1, 0.15) is 0 Å². The first-order chi connectivity index (χ1) is 13.7. The molecule has 0 saturated heterocycles. The molecule has 1 amide bonds. The number of pyridine rings is 1. The van der Waals surface area contributed by atoms with Crippen molar-refractivity contribution >= 4 is 56.0 Å². The van der Waals surface area contributed by atoms with E-state index in [-0.39, 0.29) is 5.91 Å². The fourth-order valence-electron chi connectivity index (χ4n) is 2.67. The normalized spacial score (nSPS) is 10.9. The fraction of sp³-hybridized carbons (Fsp3) is 0.0952. The highest BCUT2D eigenvalue weighted by Gasteiger charge is 2.20. The molecule has 2 aromatic carbocycles. The number of thiazole rings is 1. The molecule has 4 aromatic rings. The SMILES string of the molecule is O=C(CSc1ccc(Cl)cc1)N(Cc1cccnc1)c1nc2ccccc2s1. The van der Waals surface area contributed by atoms with Crippen LogP contribution in [0.3, 0.4) is 0 Å². The Morgan fingerprint density at radius 2 is 1.89 bits per heavy atom. The van der Waals surface area contributed by atoms with E-state index in [1.54, 1.807) is 17.3 Å². The van der Waals surface area contributed by atoms with Crippen LogP contribution in [0.5, 0.6) is 0 Å². The second-order valence-corrected chi connectivity index (χ2v) is 8.54. The lowest BCUT2D eigenvalue weighted by Crippen LogP contribution is -2.31. The highest BCUT2D eigenvalue weighted by atomic mass is 35.5. The minimum absolute atomic E-state index is 0.00265. The number of hydrogen-bond donors (Lipinski definition) is 0. The monoisotopic (exact) mass is 425 g/mol. The minimum atomic E-state index is 0.00265. The maximum Gasteiger partial charge on any atom is 0.239 e. The summed E-state index contributed by atoms with van der Waals surface area (Å²) in [6.07, 6.45) is 3.50. The van der Waals surface area contributed by atoms with E-state index >= 15 is 0 Å². The molecule has 28 heavy (non-hydrogen) atoms. The predicted octanol–water partition coefficient (Wildman–Crippen LogP) is 5.67. The van der Waals surface area contributed by atoms with Crippen LogP contribution in [0, 0.1) is 0 Å². The standard InChI is InChI=1S/C21H16ClN3OS2/c22-16-7-9-17(10-8-16)27-14-20(26)25(13-15-4-3-11-23-12-15)21-24-18-5-1-2-6-19(18)28-21/h1-12H,13-14H2. The van der Waals surface area contributed by atoms with Gasteiger partial charge in [0.2, 0.25) is 5.91 Å². The zero-order valence-corrected chi connectivity index (χ0v) is 17.2. The molecule has 0 spiro atoms. The molecule has 140 valence electrons. The smallest absolute Gasteiger partial charge is 0.239 e. The van der Waals surface area contributed by atoms with E-state index in [4.69, 9.17) is 11.6 Å². The molecule has 0 aliphatic carbocycles. The van der Waals surface area contributed by atoms with Crippen molar-refractivity contribution in [2.75, 3.05) is 10.7 Å².